The number of aryl methyl sites for hydroxylation is 2. The molecule has 0 spiro atoms. The number of carbonyl (C=O) groups is 1. The Bertz CT molecular complexity index is 640. The first-order valence-corrected chi connectivity index (χ1v) is 9.75. The minimum atomic E-state index is -2.95. The molecule has 0 unspecified atom stereocenters. The topological polar surface area (TPSA) is 54.5 Å². The van der Waals surface area contributed by atoms with Gasteiger partial charge in [0.05, 0.1) is 17.3 Å². The van der Waals surface area contributed by atoms with Crippen molar-refractivity contribution in [3.8, 4) is 0 Å². The van der Waals surface area contributed by atoms with Gasteiger partial charge in [0.1, 0.15) is 0 Å². The Kier molecular flexibility index (Phi) is 4.99. The van der Waals surface area contributed by atoms with E-state index in [1.165, 1.54) is 22.9 Å². The van der Waals surface area contributed by atoms with Gasteiger partial charge in [0.15, 0.2) is 9.84 Å². The van der Waals surface area contributed by atoms with Crippen LogP contribution in [0.15, 0.2) is 23.1 Å². The highest BCUT2D eigenvalue weighted by atomic mass is 32.2. The fourth-order valence-electron chi connectivity index (χ4n) is 2.34. The summed E-state index contributed by atoms with van der Waals surface area (Å²) in [5.41, 5.74) is 2.45. The monoisotopic (exact) mass is 327 g/mol. The number of sulfone groups is 1. The van der Waals surface area contributed by atoms with Crippen LogP contribution in [-0.4, -0.2) is 49.6 Å². The van der Waals surface area contributed by atoms with Crippen LogP contribution >= 0.6 is 11.8 Å². The Morgan fingerprint density at radius 2 is 2.05 bits per heavy atom. The molecule has 0 radical (unpaired) electrons. The minimum absolute atomic E-state index is 0.0136. The number of hydrogen-bond acceptors (Lipinski definition) is 4. The van der Waals surface area contributed by atoms with Crippen LogP contribution in [0.2, 0.25) is 0 Å². The van der Waals surface area contributed by atoms with E-state index in [4.69, 9.17) is 0 Å². The molecule has 1 aliphatic heterocycles. The second-order valence-corrected chi connectivity index (χ2v) is 8.87. The SMILES string of the molecule is Cc1ccc(SCC(=O)N(C)[C@H]2CCS(=O)(=O)C2)cc1C. The van der Waals surface area contributed by atoms with E-state index in [9.17, 15) is 13.2 Å². The molecule has 4 nitrogen and oxygen atoms in total. The van der Waals surface area contributed by atoms with Crippen LogP contribution in [-0.2, 0) is 14.6 Å². The largest absolute Gasteiger partial charge is 0.341 e. The molecular formula is C15H21NO3S2. The summed E-state index contributed by atoms with van der Waals surface area (Å²) >= 11 is 1.50. The van der Waals surface area contributed by atoms with Crippen molar-refractivity contribution in [1.29, 1.82) is 0 Å². The van der Waals surface area contributed by atoms with Crippen molar-refractivity contribution in [2.75, 3.05) is 24.3 Å². The smallest absolute Gasteiger partial charge is 0.232 e. The molecule has 2 rings (SSSR count). The predicted octanol–water partition coefficient (Wildman–Crippen LogP) is 2.04. The highest BCUT2D eigenvalue weighted by molar-refractivity contribution is 8.00. The summed E-state index contributed by atoms with van der Waals surface area (Å²) in [7, 11) is -1.25. The molecular weight excluding hydrogens is 306 g/mol. The summed E-state index contributed by atoms with van der Waals surface area (Å²) < 4.78 is 22.9. The van der Waals surface area contributed by atoms with Crippen molar-refractivity contribution < 1.29 is 13.2 Å². The van der Waals surface area contributed by atoms with Gasteiger partial charge in [-0.25, -0.2) is 8.42 Å². The van der Waals surface area contributed by atoms with Crippen LogP contribution in [0.3, 0.4) is 0 Å². The third-order valence-electron chi connectivity index (χ3n) is 3.99. The summed E-state index contributed by atoms with van der Waals surface area (Å²) in [6.07, 6.45) is 0.554. The lowest BCUT2D eigenvalue weighted by Crippen LogP contribution is -2.38. The van der Waals surface area contributed by atoms with E-state index in [0.717, 1.165) is 4.90 Å². The molecule has 1 aliphatic rings. The molecule has 1 amide bonds. The summed E-state index contributed by atoms with van der Waals surface area (Å²) in [5, 5.41) is 0. The van der Waals surface area contributed by atoms with Crippen molar-refractivity contribution >= 4 is 27.5 Å². The quantitative estimate of drug-likeness (QED) is 0.794. The van der Waals surface area contributed by atoms with E-state index in [-0.39, 0.29) is 23.5 Å². The Morgan fingerprint density at radius 3 is 2.62 bits per heavy atom. The number of benzene rings is 1. The van der Waals surface area contributed by atoms with Crippen LogP contribution in [0.25, 0.3) is 0 Å². The standard InChI is InChI=1S/C15H21NO3S2/c1-11-4-5-14(8-12(11)2)20-9-15(17)16(3)13-6-7-21(18,19)10-13/h4-5,8,13H,6-7,9-10H2,1-3H3/t13-/m0/s1. The zero-order valence-electron chi connectivity index (χ0n) is 12.6. The molecule has 1 atom stereocenters. The summed E-state index contributed by atoms with van der Waals surface area (Å²) in [6, 6.07) is 5.98. The van der Waals surface area contributed by atoms with Crippen LogP contribution in [0.5, 0.6) is 0 Å². The van der Waals surface area contributed by atoms with Gasteiger partial charge >= 0.3 is 0 Å². The summed E-state index contributed by atoms with van der Waals surface area (Å²) in [4.78, 5) is 14.8. The normalized spacial score (nSPS) is 20.4. The van der Waals surface area contributed by atoms with Crippen LogP contribution in [0.1, 0.15) is 17.5 Å². The number of amides is 1. The molecule has 21 heavy (non-hydrogen) atoms. The van der Waals surface area contributed by atoms with Crippen molar-refractivity contribution in [2.45, 2.75) is 31.2 Å². The predicted molar refractivity (Wildman–Crippen MR) is 86.5 cm³/mol. The molecule has 0 aliphatic carbocycles. The van der Waals surface area contributed by atoms with E-state index >= 15 is 0 Å². The fraction of sp³-hybridized carbons (Fsp3) is 0.533. The van der Waals surface area contributed by atoms with E-state index < -0.39 is 9.84 Å². The third-order valence-corrected chi connectivity index (χ3v) is 6.72. The van der Waals surface area contributed by atoms with Crippen molar-refractivity contribution in [3.63, 3.8) is 0 Å². The lowest BCUT2D eigenvalue weighted by Gasteiger charge is -2.23. The molecule has 1 fully saturated rings. The van der Waals surface area contributed by atoms with Gasteiger partial charge in [-0.3, -0.25) is 4.79 Å². The van der Waals surface area contributed by atoms with Crippen LogP contribution in [0, 0.1) is 13.8 Å². The molecule has 0 saturated carbocycles. The van der Waals surface area contributed by atoms with Gasteiger partial charge in [-0.05, 0) is 43.5 Å². The molecule has 6 heteroatoms. The molecule has 0 N–H and O–H groups in total. The number of carbonyl (C=O) groups excluding carboxylic acids is 1. The van der Waals surface area contributed by atoms with Crippen molar-refractivity contribution in [1.82, 2.24) is 4.90 Å². The summed E-state index contributed by atoms with van der Waals surface area (Å²) in [6.45, 7) is 4.11. The zero-order chi connectivity index (χ0) is 15.6. The van der Waals surface area contributed by atoms with Crippen molar-refractivity contribution in [2.24, 2.45) is 0 Å². The van der Waals surface area contributed by atoms with E-state index in [1.54, 1.807) is 11.9 Å². The lowest BCUT2D eigenvalue weighted by molar-refractivity contribution is -0.128. The third kappa shape index (κ3) is 4.23. The zero-order valence-corrected chi connectivity index (χ0v) is 14.3. The van der Waals surface area contributed by atoms with E-state index in [1.807, 2.05) is 6.07 Å². The highest BCUT2D eigenvalue weighted by Gasteiger charge is 2.32. The Morgan fingerprint density at radius 1 is 1.33 bits per heavy atom. The maximum absolute atomic E-state index is 12.2. The molecule has 0 aromatic heterocycles. The Balaban J connectivity index is 1.91. The molecule has 1 aromatic carbocycles. The average Bonchev–Trinajstić information content (AvgIpc) is 2.79. The average molecular weight is 327 g/mol. The second-order valence-electron chi connectivity index (χ2n) is 5.60. The van der Waals surface area contributed by atoms with Gasteiger partial charge in [0.2, 0.25) is 5.91 Å². The number of rotatable bonds is 4. The summed E-state index contributed by atoms with van der Waals surface area (Å²) in [5.74, 6) is 0.624. The lowest BCUT2D eigenvalue weighted by atomic mass is 10.1. The van der Waals surface area contributed by atoms with E-state index in [2.05, 4.69) is 26.0 Å². The first-order valence-electron chi connectivity index (χ1n) is 6.94. The second kappa shape index (κ2) is 6.40. The van der Waals surface area contributed by atoms with Gasteiger partial charge in [-0.1, -0.05) is 6.07 Å². The molecule has 116 valence electrons. The van der Waals surface area contributed by atoms with E-state index in [0.29, 0.717) is 12.2 Å². The van der Waals surface area contributed by atoms with Gasteiger partial charge in [-0.2, -0.15) is 0 Å². The maximum Gasteiger partial charge on any atom is 0.232 e. The number of nitrogens with zero attached hydrogens (tertiary/aromatic N) is 1. The van der Waals surface area contributed by atoms with Gasteiger partial charge in [-0.15, -0.1) is 11.8 Å². The molecule has 1 saturated heterocycles. The first kappa shape index (κ1) is 16.4. The molecule has 0 bridgehead atoms. The fourth-order valence-corrected chi connectivity index (χ4v) is 5.03. The molecule has 1 heterocycles. The molecule has 1 aromatic rings. The number of thioether (sulfide) groups is 1. The highest BCUT2D eigenvalue weighted by Crippen LogP contribution is 2.23. The van der Waals surface area contributed by atoms with Crippen LogP contribution in [0.4, 0.5) is 0 Å². The van der Waals surface area contributed by atoms with Gasteiger partial charge < -0.3 is 4.90 Å². The van der Waals surface area contributed by atoms with Gasteiger partial charge in [0, 0.05) is 18.0 Å². The van der Waals surface area contributed by atoms with Crippen LogP contribution < -0.4 is 0 Å². The Hall–Kier alpha value is -1.01. The van der Waals surface area contributed by atoms with Gasteiger partial charge in [0.25, 0.3) is 0 Å². The number of hydrogen-bond donors (Lipinski definition) is 0. The van der Waals surface area contributed by atoms with Crippen molar-refractivity contribution in [3.05, 3.63) is 29.3 Å². The Labute approximate surface area is 130 Å². The first-order chi connectivity index (χ1) is 9.78. The minimum Gasteiger partial charge on any atom is -0.341 e. The maximum atomic E-state index is 12.2.